The Kier molecular flexibility index (Phi) is 3.92. The average molecular weight is 283 g/mol. The number of halogens is 1. The van der Waals surface area contributed by atoms with Crippen LogP contribution in [0.4, 0.5) is 0 Å². The van der Waals surface area contributed by atoms with Gasteiger partial charge in [0, 0.05) is 28.7 Å². The molecule has 2 aromatic rings. The normalized spacial score (nSPS) is 18.1. The molecule has 4 nitrogen and oxygen atoms in total. The molecule has 1 unspecified atom stereocenters. The van der Waals surface area contributed by atoms with Crippen LogP contribution in [0.3, 0.4) is 0 Å². The van der Waals surface area contributed by atoms with Gasteiger partial charge in [-0.15, -0.1) is 12.4 Å². The van der Waals surface area contributed by atoms with Crippen molar-refractivity contribution in [3.8, 4) is 11.5 Å². The number of phenolic OH excluding ortho intramolecular Hbond substituents is 2. The molecule has 1 atom stereocenters. The predicted octanol–water partition coefficient (Wildman–Crippen LogP) is 2.47. The standard InChI is InChI=1S/C14H18N2O2.ClH/c1-2-15-8-3-4-11-9(5-8)10-6-13(17)14(18)7-12(10)16-11;/h6-8,15-18H,2-5H2,1H3;1H. The SMILES string of the molecule is CCNC1CCc2[nH]c3cc(O)c(O)cc3c2C1.Cl. The number of aryl methyl sites for hydroxylation is 1. The van der Waals surface area contributed by atoms with Crippen LogP contribution >= 0.6 is 12.4 Å². The van der Waals surface area contributed by atoms with E-state index in [4.69, 9.17) is 0 Å². The smallest absolute Gasteiger partial charge is 0.159 e. The molecule has 0 saturated heterocycles. The first-order chi connectivity index (χ1) is 8.69. The van der Waals surface area contributed by atoms with Gasteiger partial charge in [0.25, 0.3) is 0 Å². The lowest BCUT2D eigenvalue weighted by molar-refractivity contribution is 0.405. The Hall–Kier alpha value is -1.39. The number of hydrogen-bond donors (Lipinski definition) is 4. The zero-order valence-electron chi connectivity index (χ0n) is 10.9. The van der Waals surface area contributed by atoms with Crippen LogP contribution in [0.2, 0.25) is 0 Å². The molecule has 1 heterocycles. The summed E-state index contributed by atoms with van der Waals surface area (Å²) in [5.74, 6) is -0.112. The van der Waals surface area contributed by atoms with Gasteiger partial charge >= 0.3 is 0 Å². The molecule has 5 heteroatoms. The van der Waals surface area contributed by atoms with E-state index in [1.807, 2.05) is 0 Å². The lowest BCUT2D eigenvalue weighted by atomic mass is 9.91. The molecule has 104 valence electrons. The van der Waals surface area contributed by atoms with Gasteiger partial charge in [-0.1, -0.05) is 6.92 Å². The van der Waals surface area contributed by atoms with Gasteiger partial charge in [0.15, 0.2) is 11.5 Å². The molecule has 0 saturated carbocycles. The fourth-order valence-electron chi connectivity index (χ4n) is 2.91. The van der Waals surface area contributed by atoms with Crippen LogP contribution in [0, 0.1) is 0 Å². The lowest BCUT2D eigenvalue weighted by Gasteiger charge is -2.23. The van der Waals surface area contributed by atoms with Gasteiger partial charge in [-0.2, -0.15) is 0 Å². The van der Waals surface area contributed by atoms with E-state index >= 15 is 0 Å². The van der Waals surface area contributed by atoms with Crippen LogP contribution in [0.5, 0.6) is 11.5 Å². The monoisotopic (exact) mass is 282 g/mol. The minimum Gasteiger partial charge on any atom is -0.504 e. The largest absolute Gasteiger partial charge is 0.504 e. The highest BCUT2D eigenvalue weighted by Crippen LogP contribution is 2.35. The fourth-order valence-corrected chi connectivity index (χ4v) is 2.91. The molecule has 1 aliphatic carbocycles. The molecule has 4 N–H and O–H groups in total. The summed E-state index contributed by atoms with van der Waals surface area (Å²) in [7, 11) is 0. The molecule has 1 aromatic heterocycles. The Bertz CT molecular complexity index is 595. The van der Waals surface area contributed by atoms with Crippen LogP contribution in [0.15, 0.2) is 12.1 Å². The van der Waals surface area contributed by atoms with E-state index < -0.39 is 0 Å². The molecule has 0 spiro atoms. The highest BCUT2D eigenvalue weighted by Gasteiger charge is 2.22. The van der Waals surface area contributed by atoms with Crippen LogP contribution in [0.25, 0.3) is 10.9 Å². The lowest BCUT2D eigenvalue weighted by Crippen LogP contribution is -2.34. The summed E-state index contributed by atoms with van der Waals surface area (Å²) in [6, 6.07) is 3.77. The molecule has 3 rings (SSSR count). The third kappa shape index (κ3) is 2.38. The molecule has 0 amide bonds. The number of aromatic nitrogens is 1. The zero-order chi connectivity index (χ0) is 12.7. The second-order valence-corrected chi connectivity index (χ2v) is 4.97. The number of benzene rings is 1. The van der Waals surface area contributed by atoms with Crippen molar-refractivity contribution in [1.82, 2.24) is 10.3 Å². The van der Waals surface area contributed by atoms with Gasteiger partial charge in [0.05, 0.1) is 0 Å². The number of hydrogen-bond acceptors (Lipinski definition) is 3. The van der Waals surface area contributed by atoms with Crippen molar-refractivity contribution in [3.05, 3.63) is 23.4 Å². The number of aromatic hydroxyl groups is 2. The van der Waals surface area contributed by atoms with Crippen molar-refractivity contribution in [2.45, 2.75) is 32.2 Å². The topological polar surface area (TPSA) is 68.3 Å². The second kappa shape index (κ2) is 5.31. The van der Waals surface area contributed by atoms with Gasteiger partial charge in [0.1, 0.15) is 0 Å². The van der Waals surface area contributed by atoms with Gasteiger partial charge in [0.2, 0.25) is 0 Å². The summed E-state index contributed by atoms with van der Waals surface area (Å²) in [6.07, 6.45) is 3.13. The van der Waals surface area contributed by atoms with E-state index in [1.165, 1.54) is 11.3 Å². The van der Waals surface area contributed by atoms with Crippen LogP contribution in [-0.4, -0.2) is 27.8 Å². The average Bonchev–Trinajstić information content (AvgIpc) is 2.68. The first-order valence-electron chi connectivity index (χ1n) is 6.47. The van der Waals surface area contributed by atoms with E-state index in [-0.39, 0.29) is 23.9 Å². The second-order valence-electron chi connectivity index (χ2n) is 4.97. The Labute approximate surface area is 118 Å². The minimum absolute atomic E-state index is 0. The number of H-pyrrole nitrogens is 1. The molecule has 1 aliphatic rings. The molecule has 0 aliphatic heterocycles. The van der Waals surface area contributed by atoms with Crippen molar-refractivity contribution in [2.75, 3.05) is 6.54 Å². The summed E-state index contributed by atoms with van der Waals surface area (Å²) < 4.78 is 0. The molecule has 0 bridgehead atoms. The van der Waals surface area contributed by atoms with Crippen LogP contribution in [-0.2, 0) is 12.8 Å². The van der Waals surface area contributed by atoms with Crippen molar-refractivity contribution < 1.29 is 10.2 Å². The number of fused-ring (bicyclic) bond motifs is 3. The maximum Gasteiger partial charge on any atom is 0.159 e. The summed E-state index contributed by atoms with van der Waals surface area (Å²) >= 11 is 0. The van der Waals surface area contributed by atoms with Crippen molar-refractivity contribution >= 4 is 23.3 Å². The molecule has 1 aromatic carbocycles. The first kappa shape index (κ1) is 14.0. The maximum absolute atomic E-state index is 9.63. The van der Waals surface area contributed by atoms with E-state index in [2.05, 4.69) is 17.2 Å². The van der Waals surface area contributed by atoms with Crippen molar-refractivity contribution in [2.24, 2.45) is 0 Å². The Morgan fingerprint density at radius 1 is 1.32 bits per heavy atom. The molecular formula is C14H19ClN2O2. The van der Waals surface area contributed by atoms with E-state index in [0.29, 0.717) is 6.04 Å². The third-order valence-electron chi connectivity index (χ3n) is 3.78. The summed E-state index contributed by atoms with van der Waals surface area (Å²) in [6.45, 7) is 3.10. The quantitative estimate of drug-likeness (QED) is 0.640. The first-order valence-corrected chi connectivity index (χ1v) is 6.47. The number of phenols is 2. The number of nitrogens with one attached hydrogen (secondary N) is 2. The van der Waals surface area contributed by atoms with Crippen LogP contribution in [0.1, 0.15) is 24.6 Å². The van der Waals surface area contributed by atoms with E-state index in [1.54, 1.807) is 12.1 Å². The minimum atomic E-state index is -0.0654. The van der Waals surface area contributed by atoms with Gasteiger partial charge in [-0.05, 0) is 37.4 Å². The Balaban J connectivity index is 0.00000133. The molecular weight excluding hydrogens is 264 g/mol. The third-order valence-corrected chi connectivity index (χ3v) is 3.78. The van der Waals surface area contributed by atoms with Crippen molar-refractivity contribution in [3.63, 3.8) is 0 Å². The number of rotatable bonds is 2. The van der Waals surface area contributed by atoms with E-state index in [9.17, 15) is 10.2 Å². The van der Waals surface area contributed by atoms with Crippen LogP contribution < -0.4 is 5.32 Å². The Morgan fingerprint density at radius 3 is 2.79 bits per heavy atom. The predicted molar refractivity (Wildman–Crippen MR) is 78.4 cm³/mol. The maximum atomic E-state index is 9.63. The number of likely N-dealkylation sites (N-methyl/N-ethyl adjacent to an activating group) is 1. The Morgan fingerprint density at radius 2 is 2.05 bits per heavy atom. The fraction of sp³-hybridized carbons (Fsp3) is 0.429. The van der Waals surface area contributed by atoms with Gasteiger partial charge in [-0.3, -0.25) is 0 Å². The van der Waals surface area contributed by atoms with E-state index in [0.717, 1.165) is 36.7 Å². The summed E-state index contributed by atoms with van der Waals surface area (Å²) in [5, 5.41) is 23.7. The highest BCUT2D eigenvalue weighted by atomic mass is 35.5. The van der Waals surface area contributed by atoms with Crippen molar-refractivity contribution in [1.29, 1.82) is 0 Å². The molecule has 0 fully saturated rings. The van der Waals surface area contributed by atoms with Gasteiger partial charge < -0.3 is 20.5 Å². The molecule has 0 radical (unpaired) electrons. The molecule has 19 heavy (non-hydrogen) atoms. The van der Waals surface area contributed by atoms with Gasteiger partial charge in [-0.25, -0.2) is 0 Å². The summed E-state index contributed by atoms with van der Waals surface area (Å²) in [4.78, 5) is 3.35. The zero-order valence-corrected chi connectivity index (χ0v) is 11.7. The summed E-state index contributed by atoms with van der Waals surface area (Å²) in [5.41, 5.74) is 3.43. The highest BCUT2D eigenvalue weighted by molar-refractivity contribution is 5.88. The number of aromatic amines is 1.